The molecule has 1 aliphatic heterocycles. The van der Waals surface area contributed by atoms with E-state index >= 15 is 0 Å². The van der Waals surface area contributed by atoms with Crippen LogP contribution in [0.2, 0.25) is 0 Å². The van der Waals surface area contributed by atoms with E-state index < -0.39 is 0 Å². The van der Waals surface area contributed by atoms with Gasteiger partial charge in [-0.25, -0.2) is 0 Å². The Kier molecular flexibility index (Phi) is 6.08. The molecule has 1 amide bonds. The minimum atomic E-state index is 0. The molecule has 14 heavy (non-hydrogen) atoms. The van der Waals surface area contributed by atoms with E-state index in [0.29, 0.717) is 6.04 Å². The zero-order valence-electron chi connectivity index (χ0n) is 8.90. The molecule has 84 valence electrons. The van der Waals surface area contributed by atoms with Gasteiger partial charge >= 0.3 is 0 Å². The van der Waals surface area contributed by atoms with E-state index in [4.69, 9.17) is 5.73 Å². The van der Waals surface area contributed by atoms with Crippen LogP contribution in [0.15, 0.2) is 0 Å². The van der Waals surface area contributed by atoms with E-state index in [1.165, 1.54) is 0 Å². The van der Waals surface area contributed by atoms with Gasteiger partial charge in [-0.3, -0.25) is 9.69 Å². The normalized spacial score (nSPS) is 18.1. The lowest BCUT2D eigenvalue weighted by molar-refractivity contribution is -0.131. The minimum absolute atomic E-state index is 0. The molecule has 1 rings (SSSR count). The van der Waals surface area contributed by atoms with Crippen LogP contribution < -0.4 is 5.73 Å². The Morgan fingerprint density at radius 2 is 1.79 bits per heavy atom. The predicted molar refractivity (Wildman–Crippen MR) is 59.6 cm³/mol. The van der Waals surface area contributed by atoms with Crippen molar-refractivity contribution >= 4 is 18.3 Å². The van der Waals surface area contributed by atoms with Gasteiger partial charge in [-0.1, -0.05) is 0 Å². The Morgan fingerprint density at radius 1 is 1.29 bits per heavy atom. The maximum absolute atomic E-state index is 11.2. The number of hydrogen-bond donors (Lipinski definition) is 1. The molecule has 0 spiro atoms. The monoisotopic (exact) mass is 221 g/mol. The number of carbonyl (C=O) groups is 1. The van der Waals surface area contributed by atoms with E-state index in [2.05, 4.69) is 18.7 Å². The third kappa shape index (κ3) is 3.44. The summed E-state index contributed by atoms with van der Waals surface area (Å²) >= 11 is 0. The van der Waals surface area contributed by atoms with Crippen LogP contribution >= 0.6 is 12.4 Å². The van der Waals surface area contributed by atoms with Crippen molar-refractivity contribution in [2.45, 2.75) is 19.9 Å². The standard InChI is InChI=1S/C9H19N3O.ClH/c1-8(2)11-3-5-12(6-4-11)9(13)7-10;/h8H,3-7,10H2,1-2H3;1H. The van der Waals surface area contributed by atoms with Crippen molar-refractivity contribution in [2.75, 3.05) is 32.7 Å². The third-order valence-electron chi connectivity index (χ3n) is 2.57. The van der Waals surface area contributed by atoms with Crippen LogP contribution in [0, 0.1) is 0 Å². The molecule has 0 unspecified atom stereocenters. The van der Waals surface area contributed by atoms with E-state index in [9.17, 15) is 4.79 Å². The van der Waals surface area contributed by atoms with E-state index in [1.807, 2.05) is 4.90 Å². The number of rotatable bonds is 2. The molecule has 0 aromatic carbocycles. The Morgan fingerprint density at radius 3 is 2.14 bits per heavy atom. The SMILES string of the molecule is CC(C)N1CCN(C(=O)CN)CC1.Cl. The van der Waals surface area contributed by atoms with Crippen molar-refractivity contribution in [2.24, 2.45) is 5.73 Å². The van der Waals surface area contributed by atoms with Crippen LogP contribution in [0.3, 0.4) is 0 Å². The summed E-state index contributed by atoms with van der Waals surface area (Å²) in [5.74, 6) is 0.0726. The van der Waals surface area contributed by atoms with Gasteiger partial charge in [-0.2, -0.15) is 0 Å². The summed E-state index contributed by atoms with van der Waals surface area (Å²) in [7, 11) is 0. The van der Waals surface area contributed by atoms with Crippen LogP contribution in [0.5, 0.6) is 0 Å². The smallest absolute Gasteiger partial charge is 0.236 e. The first-order chi connectivity index (χ1) is 6.15. The largest absolute Gasteiger partial charge is 0.339 e. The van der Waals surface area contributed by atoms with Gasteiger partial charge in [0.2, 0.25) is 5.91 Å². The van der Waals surface area contributed by atoms with Crippen molar-refractivity contribution in [3.05, 3.63) is 0 Å². The summed E-state index contributed by atoms with van der Waals surface area (Å²) in [5.41, 5.74) is 5.29. The first kappa shape index (κ1) is 13.7. The second kappa shape index (κ2) is 6.22. The summed E-state index contributed by atoms with van der Waals surface area (Å²) < 4.78 is 0. The van der Waals surface area contributed by atoms with E-state index in [1.54, 1.807) is 0 Å². The molecule has 1 fully saturated rings. The highest BCUT2D eigenvalue weighted by Crippen LogP contribution is 2.05. The quantitative estimate of drug-likeness (QED) is 0.710. The predicted octanol–water partition coefficient (Wildman–Crippen LogP) is -0.0805. The highest BCUT2D eigenvalue weighted by Gasteiger charge is 2.20. The Hall–Kier alpha value is -0.320. The van der Waals surface area contributed by atoms with E-state index in [-0.39, 0.29) is 24.9 Å². The second-order valence-corrected chi connectivity index (χ2v) is 3.71. The van der Waals surface area contributed by atoms with Crippen LogP contribution in [0.25, 0.3) is 0 Å². The molecule has 0 saturated carbocycles. The molecule has 5 heteroatoms. The lowest BCUT2D eigenvalue weighted by Gasteiger charge is -2.36. The molecule has 2 N–H and O–H groups in total. The van der Waals surface area contributed by atoms with Crippen LogP contribution in [0.4, 0.5) is 0 Å². The van der Waals surface area contributed by atoms with Gasteiger partial charge in [0.1, 0.15) is 0 Å². The van der Waals surface area contributed by atoms with Crippen LogP contribution in [-0.4, -0.2) is 54.5 Å². The summed E-state index contributed by atoms with van der Waals surface area (Å²) in [5, 5.41) is 0. The molecule has 1 aliphatic rings. The maximum Gasteiger partial charge on any atom is 0.236 e. The second-order valence-electron chi connectivity index (χ2n) is 3.71. The van der Waals surface area contributed by atoms with Crippen molar-refractivity contribution < 1.29 is 4.79 Å². The number of hydrogen-bond acceptors (Lipinski definition) is 3. The fourth-order valence-electron chi connectivity index (χ4n) is 1.62. The Bertz CT molecular complexity index is 179. The van der Waals surface area contributed by atoms with Gasteiger partial charge in [-0.05, 0) is 13.8 Å². The van der Waals surface area contributed by atoms with Gasteiger partial charge in [0.05, 0.1) is 6.54 Å². The zero-order valence-corrected chi connectivity index (χ0v) is 9.72. The highest BCUT2D eigenvalue weighted by molar-refractivity contribution is 5.85. The molecule has 0 bridgehead atoms. The molecule has 0 aliphatic carbocycles. The Labute approximate surface area is 91.8 Å². The van der Waals surface area contributed by atoms with Crippen LogP contribution in [-0.2, 0) is 4.79 Å². The first-order valence-electron chi connectivity index (χ1n) is 4.87. The highest BCUT2D eigenvalue weighted by atomic mass is 35.5. The van der Waals surface area contributed by atoms with Crippen LogP contribution in [0.1, 0.15) is 13.8 Å². The fourth-order valence-corrected chi connectivity index (χ4v) is 1.62. The summed E-state index contributed by atoms with van der Waals surface area (Å²) in [6.45, 7) is 8.11. The number of nitrogens with zero attached hydrogens (tertiary/aromatic N) is 2. The van der Waals surface area contributed by atoms with Gasteiger partial charge < -0.3 is 10.6 Å². The lowest BCUT2D eigenvalue weighted by atomic mass is 10.2. The topological polar surface area (TPSA) is 49.6 Å². The summed E-state index contributed by atoms with van der Waals surface area (Å²) in [6.07, 6.45) is 0. The lowest BCUT2D eigenvalue weighted by Crippen LogP contribution is -2.52. The molecule has 4 nitrogen and oxygen atoms in total. The van der Waals surface area contributed by atoms with Crippen molar-refractivity contribution in [3.8, 4) is 0 Å². The summed E-state index contributed by atoms with van der Waals surface area (Å²) in [4.78, 5) is 15.4. The van der Waals surface area contributed by atoms with Crippen molar-refractivity contribution in [3.63, 3.8) is 0 Å². The molecule has 0 atom stereocenters. The maximum atomic E-state index is 11.2. The number of carbonyl (C=O) groups excluding carboxylic acids is 1. The molecular weight excluding hydrogens is 202 g/mol. The van der Waals surface area contributed by atoms with Crippen molar-refractivity contribution in [1.29, 1.82) is 0 Å². The Balaban J connectivity index is 0.00000169. The first-order valence-corrected chi connectivity index (χ1v) is 4.87. The average molecular weight is 222 g/mol. The molecule has 0 aromatic rings. The third-order valence-corrected chi connectivity index (χ3v) is 2.57. The zero-order chi connectivity index (χ0) is 9.84. The van der Waals surface area contributed by atoms with Gasteiger partial charge in [0.25, 0.3) is 0 Å². The molecule has 1 heterocycles. The fraction of sp³-hybridized carbons (Fsp3) is 0.889. The van der Waals surface area contributed by atoms with Gasteiger partial charge in [0.15, 0.2) is 0 Å². The molecule has 0 aromatic heterocycles. The van der Waals surface area contributed by atoms with E-state index in [0.717, 1.165) is 26.2 Å². The summed E-state index contributed by atoms with van der Waals surface area (Å²) in [6, 6.07) is 0.579. The average Bonchev–Trinajstić information content (AvgIpc) is 2.17. The number of halogens is 1. The van der Waals surface area contributed by atoms with Gasteiger partial charge in [0, 0.05) is 32.2 Å². The number of amides is 1. The number of nitrogens with two attached hydrogens (primary N) is 1. The molecular formula is C9H20ClN3O. The molecule has 1 saturated heterocycles. The number of piperazine rings is 1. The minimum Gasteiger partial charge on any atom is -0.339 e. The van der Waals surface area contributed by atoms with Gasteiger partial charge in [-0.15, -0.1) is 12.4 Å². The molecule has 0 radical (unpaired) electrons. The van der Waals surface area contributed by atoms with Crippen molar-refractivity contribution in [1.82, 2.24) is 9.80 Å².